The summed E-state index contributed by atoms with van der Waals surface area (Å²) in [6.45, 7) is 1.54. The number of fused-ring (bicyclic) bond motifs is 1. The molecule has 0 saturated carbocycles. The molecule has 3 heterocycles. The Hall–Kier alpha value is -2.79. The number of urea groups is 1. The minimum Gasteiger partial charge on any atom is -0.490 e. The lowest BCUT2D eigenvalue weighted by Crippen LogP contribution is -2.36. The van der Waals surface area contributed by atoms with Crippen molar-refractivity contribution >= 4 is 39.0 Å². The fraction of sp³-hybridized carbons (Fsp3) is 0.333. The molecule has 11 heteroatoms. The first-order valence-corrected chi connectivity index (χ1v) is 10.8. The summed E-state index contributed by atoms with van der Waals surface area (Å²) in [7, 11) is 1.97. The maximum absolute atomic E-state index is 13.7. The number of ether oxygens (including phenoxy) is 1. The molecular weight excluding hydrogens is 491 g/mol. The summed E-state index contributed by atoms with van der Waals surface area (Å²) in [5.41, 5.74) is -0.0168. The molecule has 4 rings (SSSR count). The molecule has 0 spiro atoms. The van der Waals surface area contributed by atoms with Gasteiger partial charge < -0.3 is 20.3 Å². The number of likely N-dealkylation sites (tertiary alicyclic amines) is 1. The topological polar surface area (TPSA) is 70.9 Å². The summed E-state index contributed by atoms with van der Waals surface area (Å²) < 4.78 is 49.2. The van der Waals surface area contributed by atoms with E-state index >= 15 is 0 Å². The number of halogens is 4. The summed E-state index contributed by atoms with van der Waals surface area (Å²) in [6, 6.07) is 6.22. The number of amides is 2. The molecule has 2 N–H and O–H groups in total. The molecular formula is C21H21BrF3N5O2. The predicted octanol–water partition coefficient (Wildman–Crippen LogP) is 5.23. The number of nitrogens with one attached hydrogen (secondary N) is 2. The first kappa shape index (κ1) is 22.4. The van der Waals surface area contributed by atoms with Gasteiger partial charge in [0, 0.05) is 31.2 Å². The van der Waals surface area contributed by atoms with Gasteiger partial charge in [0.15, 0.2) is 5.65 Å². The van der Waals surface area contributed by atoms with E-state index in [1.807, 2.05) is 7.05 Å². The minimum absolute atomic E-state index is 0.00188. The lowest BCUT2D eigenvalue weighted by atomic mass is 10.1. The smallest absolute Gasteiger partial charge is 0.420 e. The third-order valence-corrected chi connectivity index (χ3v) is 5.90. The SMILES string of the molecule is CN1CCC(Oc2ccc(NC(=O)Nc3ccc(Br)n4ccnc34)cc2C(F)(F)F)CC1. The van der Waals surface area contributed by atoms with Crippen molar-refractivity contribution in [1.82, 2.24) is 14.3 Å². The van der Waals surface area contributed by atoms with E-state index < -0.39 is 17.8 Å². The Kier molecular flexibility index (Phi) is 6.29. The van der Waals surface area contributed by atoms with Gasteiger partial charge in [-0.25, -0.2) is 9.78 Å². The Morgan fingerprint density at radius 3 is 2.66 bits per heavy atom. The van der Waals surface area contributed by atoms with Crippen molar-refractivity contribution in [2.24, 2.45) is 0 Å². The monoisotopic (exact) mass is 511 g/mol. The molecule has 2 aromatic heterocycles. The molecule has 32 heavy (non-hydrogen) atoms. The van der Waals surface area contributed by atoms with E-state index in [0.717, 1.165) is 23.8 Å². The van der Waals surface area contributed by atoms with E-state index in [-0.39, 0.29) is 17.5 Å². The molecule has 1 aliphatic rings. The Balaban J connectivity index is 1.50. The standard InChI is InChI=1S/C21H21BrF3N5O2/c1-29-9-6-14(7-10-29)32-17-4-2-13(12-15(17)21(23,24)25)27-20(31)28-16-3-5-18(22)30-11-8-26-19(16)30/h2-5,8,11-12,14H,6-7,9-10H2,1H3,(H2,27,28,31). The second-order valence-electron chi connectivity index (χ2n) is 7.60. The molecule has 0 atom stereocenters. The van der Waals surface area contributed by atoms with E-state index in [2.05, 4.69) is 36.4 Å². The van der Waals surface area contributed by atoms with E-state index in [1.54, 1.807) is 28.9 Å². The Morgan fingerprint density at radius 1 is 1.19 bits per heavy atom. The lowest BCUT2D eigenvalue weighted by molar-refractivity contribution is -0.139. The van der Waals surface area contributed by atoms with Gasteiger partial charge in [0.05, 0.1) is 15.9 Å². The highest BCUT2D eigenvalue weighted by atomic mass is 79.9. The van der Waals surface area contributed by atoms with Crippen LogP contribution in [0.3, 0.4) is 0 Å². The van der Waals surface area contributed by atoms with E-state index in [4.69, 9.17) is 4.74 Å². The van der Waals surface area contributed by atoms with Crippen molar-refractivity contribution < 1.29 is 22.7 Å². The molecule has 170 valence electrons. The first-order valence-electron chi connectivity index (χ1n) is 9.97. The molecule has 0 aliphatic carbocycles. The third-order valence-electron chi connectivity index (χ3n) is 5.25. The molecule has 1 aliphatic heterocycles. The van der Waals surface area contributed by atoms with E-state index in [0.29, 0.717) is 24.2 Å². The molecule has 0 unspecified atom stereocenters. The number of hydrogen-bond acceptors (Lipinski definition) is 4. The molecule has 1 aromatic carbocycles. The van der Waals surface area contributed by atoms with Crippen molar-refractivity contribution in [3.63, 3.8) is 0 Å². The van der Waals surface area contributed by atoms with Crippen LogP contribution in [0.25, 0.3) is 5.65 Å². The van der Waals surface area contributed by atoms with Crippen LogP contribution in [-0.4, -0.2) is 46.6 Å². The number of carbonyl (C=O) groups is 1. The highest BCUT2D eigenvalue weighted by Crippen LogP contribution is 2.39. The van der Waals surface area contributed by atoms with Gasteiger partial charge in [-0.15, -0.1) is 0 Å². The second-order valence-corrected chi connectivity index (χ2v) is 8.41. The summed E-state index contributed by atoms with van der Waals surface area (Å²) in [5, 5.41) is 5.07. The molecule has 7 nitrogen and oxygen atoms in total. The number of pyridine rings is 1. The number of nitrogens with zero attached hydrogens (tertiary/aromatic N) is 3. The van der Waals surface area contributed by atoms with Gasteiger partial charge in [0.25, 0.3) is 0 Å². The normalized spacial score (nSPS) is 15.7. The average molecular weight is 512 g/mol. The molecule has 0 bridgehead atoms. The molecule has 1 fully saturated rings. The number of piperidine rings is 1. The fourth-order valence-electron chi connectivity index (χ4n) is 3.58. The number of hydrogen-bond donors (Lipinski definition) is 2. The highest BCUT2D eigenvalue weighted by molar-refractivity contribution is 9.10. The number of alkyl halides is 3. The predicted molar refractivity (Wildman–Crippen MR) is 118 cm³/mol. The van der Waals surface area contributed by atoms with Crippen LogP contribution >= 0.6 is 15.9 Å². The van der Waals surface area contributed by atoms with Crippen molar-refractivity contribution in [3.8, 4) is 5.75 Å². The number of rotatable bonds is 4. The van der Waals surface area contributed by atoms with Gasteiger partial charge in [0.1, 0.15) is 11.9 Å². The first-order chi connectivity index (χ1) is 15.2. The number of imidazole rings is 1. The third kappa shape index (κ3) is 4.99. The van der Waals surface area contributed by atoms with Gasteiger partial charge in [-0.05, 0) is 66.2 Å². The van der Waals surface area contributed by atoms with Gasteiger partial charge in [-0.2, -0.15) is 13.2 Å². The minimum atomic E-state index is -4.62. The van der Waals surface area contributed by atoms with Crippen LogP contribution in [0.15, 0.2) is 47.3 Å². The number of carbonyl (C=O) groups excluding carboxylic acids is 1. The summed E-state index contributed by atoms with van der Waals surface area (Å²) in [4.78, 5) is 18.7. The summed E-state index contributed by atoms with van der Waals surface area (Å²) in [6.07, 6.45) is -0.299. The van der Waals surface area contributed by atoms with Crippen molar-refractivity contribution in [1.29, 1.82) is 0 Å². The molecule has 1 saturated heterocycles. The second kappa shape index (κ2) is 8.99. The number of anilines is 2. The Morgan fingerprint density at radius 2 is 1.94 bits per heavy atom. The van der Waals surface area contributed by atoms with Crippen LogP contribution in [0.4, 0.5) is 29.3 Å². The van der Waals surface area contributed by atoms with Crippen LogP contribution in [0, 0.1) is 0 Å². The fourth-order valence-corrected chi connectivity index (χ4v) is 4.00. The van der Waals surface area contributed by atoms with Crippen LogP contribution in [-0.2, 0) is 6.18 Å². The molecule has 3 aromatic rings. The summed E-state index contributed by atoms with van der Waals surface area (Å²) >= 11 is 3.38. The molecule has 0 radical (unpaired) electrons. The van der Waals surface area contributed by atoms with Crippen LogP contribution in [0.5, 0.6) is 5.75 Å². The van der Waals surface area contributed by atoms with Crippen molar-refractivity contribution in [3.05, 3.63) is 52.9 Å². The largest absolute Gasteiger partial charge is 0.490 e. The zero-order chi connectivity index (χ0) is 22.9. The maximum Gasteiger partial charge on any atom is 0.420 e. The summed E-state index contributed by atoms with van der Waals surface area (Å²) in [5.74, 6) is -0.231. The average Bonchev–Trinajstić information content (AvgIpc) is 3.23. The van der Waals surface area contributed by atoms with Crippen LogP contribution < -0.4 is 15.4 Å². The zero-order valence-electron chi connectivity index (χ0n) is 17.1. The van der Waals surface area contributed by atoms with Crippen molar-refractivity contribution in [2.75, 3.05) is 30.8 Å². The quantitative estimate of drug-likeness (QED) is 0.470. The van der Waals surface area contributed by atoms with Gasteiger partial charge in [-0.1, -0.05) is 0 Å². The van der Waals surface area contributed by atoms with Crippen molar-refractivity contribution in [2.45, 2.75) is 25.1 Å². The van der Waals surface area contributed by atoms with Gasteiger partial charge in [-0.3, -0.25) is 4.40 Å². The van der Waals surface area contributed by atoms with Gasteiger partial charge in [0.2, 0.25) is 0 Å². The van der Waals surface area contributed by atoms with Crippen LogP contribution in [0.1, 0.15) is 18.4 Å². The number of benzene rings is 1. The molecule has 2 amide bonds. The Bertz CT molecular complexity index is 1130. The zero-order valence-corrected chi connectivity index (χ0v) is 18.7. The lowest BCUT2D eigenvalue weighted by Gasteiger charge is -2.30. The highest BCUT2D eigenvalue weighted by Gasteiger charge is 2.35. The number of aromatic nitrogens is 2. The van der Waals surface area contributed by atoms with Crippen LogP contribution in [0.2, 0.25) is 0 Å². The maximum atomic E-state index is 13.7. The van der Waals surface area contributed by atoms with E-state index in [1.165, 1.54) is 12.1 Å². The van der Waals surface area contributed by atoms with Gasteiger partial charge >= 0.3 is 12.2 Å². The Labute approximate surface area is 190 Å². The van der Waals surface area contributed by atoms with E-state index in [9.17, 15) is 18.0 Å².